The summed E-state index contributed by atoms with van der Waals surface area (Å²) in [7, 11) is 0. The van der Waals surface area contributed by atoms with Gasteiger partial charge >= 0.3 is 0 Å². The first-order valence-corrected chi connectivity index (χ1v) is 9.94. The molecule has 4 rings (SSSR count). The summed E-state index contributed by atoms with van der Waals surface area (Å²) >= 11 is 0. The van der Waals surface area contributed by atoms with E-state index in [0.29, 0.717) is 12.1 Å². The fourth-order valence-electron chi connectivity index (χ4n) is 3.90. The Bertz CT molecular complexity index is 842. The zero-order valence-electron chi connectivity index (χ0n) is 15.8. The third kappa shape index (κ3) is 4.22. The van der Waals surface area contributed by atoms with Gasteiger partial charge in [-0.2, -0.15) is 5.10 Å². The van der Waals surface area contributed by atoms with Crippen LogP contribution < -0.4 is 10.1 Å². The first-order valence-electron chi connectivity index (χ1n) is 9.94. The minimum absolute atomic E-state index is 0.339. The van der Waals surface area contributed by atoms with Crippen LogP contribution in [0.1, 0.15) is 61.5 Å². The largest absolute Gasteiger partial charge is 0.457 e. The number of aryl methyl sites for hydroxylation is 1. The Morgan fingerprint density at radius 2 is 1.89 bits per heavy atom. The summed E-state index contributed by atoms with van der Waals surface area (Å²) in [5.41, 5.74) is 3.94. The van der Waals surface area contributed by atoms with E-state index in [1.165, 1.54) is 29.7 Å². The highest BCUT2D eigenvalue weighted by Gasteiger charge is 2.24. The molecule has 2 atom stereocenters. The van der Waals surface area contributed by atoms with E-state index in [4.69, 9.17) is 4.74 Å². The van der Waals surface area contributed by atoms with E-state index in [2.05, 4.69) is 46.7 Å². The molecule has 2 aromatic carbocycles. The smallest absolute Gasteiger partial charge is 0.127 e. The molecular formula is C23H27N3O. The number of hydrogen-bond acceptors (Lipinski definition) is 3. The minimum Gasteiger partial charge on any atom is -0.457 e. The van der Waals surface area contributed by atoms with Gasteiger partial charge in [0.15, 0.2) is 0 Å². The summed E-state index contributed by atoms with van der Waals surface area (Å²) in [5, 5.41) is 11.3. The van der Waals surface area contributed by atoms with Crippen molar-refractivity contribution in [2.24, 2.45) is 0 Å². The van der Waals surface area contributed by atoms with Crippen LogP contribution in [-0.4, -0.2) is 10.2 Å². The Kier molecular flexibility index (Phi) is 5.54. The number of benzene rings is 2. The molecule has 140 valence electrons. The number of hydrogen-bond donors (Lipinski definition) is 2. The lowest BCUT2D eigenvalue weighted by Gasteiger charge is -2.29. The monoisotopic (exact) mass is 361 g/mol. The van der Waals surface area contributed by atoms with Gasteiger partial charge in [0, 0.05) is 23.3 Å². The molecule has 0 saturated heterocycles. The summed E-state index contributed by atoms with van der Waals surface area (Å²) in [6.45, 7) is 2.24. The van der Waals surface area contributed by atoms with E-state index in [-0.39, 0.29) is 0 Å². The lowest BCUT2D eigenvalue weighted by Crippen LogP contribution is -2.29. The Morgan fingerprint density at radius 3 is 2.67 bits per heavy atom. The fraction of sp³-hybridized carbons (Fsp3) is 0.348. The number of aromatic nitrogens is 2. The molecule has 1 aliphatic rings. The van der Waals surface area contributed by atoms with E-state index in [1.54, 1.807) is 0 Å². The first-order chi connectivity index (χ1) is 13.3. The van der Waals surface area contributed by atoms with Crippen molar-refractivity contribution in [1.29, 1.82) is 0 Å². The average molecular weight is 361 g/mol. The quantitative estimate of drug-likeness (QED) is 0.566. The second-order valence-corrected chi connectivity index (χ2v) is 7.24. The third-order valence-electron chi connectivity index (χ3n) is 5.29. The molecule has 0 radical (unpaired) electrons. The normalized spacial score (nSPS) is 17.3. The summed E-state index contributed by atoms with van der Waals surface area (Å²) in [6, 6.07) is 19.1. The van der Waals surface area contributed by atoms with Crippen LogP contribution in [0, 0.1) is 0 Å². The number of nitrogens with one attached hydrogen (secondary N) is 2. The van der Waals surface area contributed by atoms with Gasteiger partial charge in [0.1, 0.15) is 11.5 Å². The molecule has 0 bridgehead atoms. The van der Waals surface area contributed by atoms with Gasteiger partial charge in [0.05, 0.1) is 6.20 Å². The highest BCUT2D eigenvalue weighted by molar-refractivity contribution is 5.34. The molecule has 0 spiro atoms. The van der Waals surface area contributed by atoms with Crippen molar-refractivity contribution < 1.29 is 4.74 Å². The molecule has 3 aromatic rings. The summed E-state index contributed by atoms with van der Waals surface area (Å²) in [5.74, 6) is 1.73. The lowest BCUT2D eigenvalue weighted by atomic mass is 9.91. The van der Waals surface area contributed by atoms with Crippen LogP contribution in [-0.2, 0) is 6.42 Å². The van der Waals surface area contributed by atoms with Crippen LogP contribution in [0.2, 0.25) is 0 Å². The molecule has 1 aromatic heterocycles. The molecule has 4 heteroatoms. The average Bonchev–Trinajstić information content (AvgIpc) is 3.19. The Labute approximate surface area is 161 Å². The van der Waals surface area contributed by atoms with Crippen molar-refractivity contribution in [3.05, 3.63) is 77.6 Å². The molecule has 2 N–H and O–H groups in total. The predicted molar refractivity (Wildman–Crippen MR) is 108 cm³/mol. The van der Waals surface area contributed by atoms with Crippen LogP contribution in [0.4, 0.5) is 0 Å². The van der Waals surface area contributed by atoms with E-state index in [1.807, 2.05) is 36.5 Å². The number of H-pyrrole nitrogens is 1. The van der Waals surface area contributed by atoms with Gasteiger partial charge < -0.3 is 10.1 Å². The molecule has 4 nitrogen and oxygen atoms in total. The SMILES string of the molecule is CCCC(NC1CCCc2[nH]ncc21)c1ccc(Oc2ccccc2)cc1. The topological polar surface area (TPSA) is 49.9 Å². The van der Waals surface area contributed by atoms with Crippen LogP contribution in [0.5, 0.6) is 11.5 Å². The van der Waals surface area contributed by atoms with Crippen molar-refractivity contribution >= 4 is 0 Å². The van der Waals surface area contributed by atoms with Gasteiger partial charge in [-0.05, 0) is 55.5 Å². The highest BCUT2D eigenvalue weighted by Crippen LogP contribution is 2.32. The van der Waals surface area contributed by atoms with Gasteiger partial charge in [-0.25, -0.2) is 0 Å². The van der Waals surface area contributed by atoms with Crippen molar-refractivity contribution in [2.45, 2.75) is 51.1 Å². The van der Waals surface area contributed by atoms with Gasteiger partial charge in [0.2, 0.25) is 0 Å². The number of para-hydroxylation sites is 1. The van der Waals surface area contributed by atoms with Gasteiger partial charge in [-0.3, -0.25) is 5.10 Å². The Hall–Kier alpha value is -2.59. The molecular weight excluding hydrogens is 334 g/mol. The summed E-state index contributed by atoms with van der Waals surface area (Å²) < 4.78 is 5.93. The standard InChI is InChI=1S/C23H27N3O/c1-2-7-21(25-22-10-6-11-23-20(22)16-24-26-23)17-12-14-19(15-13-17)27-18-8-4-3-5-9-18/h3-5,8-9,12-16,21-22,25H,2,6-7,10-11H2,1H3,(H,24,26). The maximum atomic E-state index is 5.93. The second kappa shape index (κ2) is 8.40. The maximum Gasteiger partial charge on any atom is 0.127 e. The molecule has 1 aliphatic carbocycles. The third-order valence-corrected chi connectivity index (χ3v) is 5.29. The van der Waals surface area contributed by atoms with Crippen molar-refractivity contribution in [2.75, 3.05) is 0 Å². The first kappa shape index (κ1) is 17.8. The highest BCUT2D eigenvalue weighted by atomic mass is 16.5. The van der Waals surface area contributed by atoms with E-state index in [0.717, 1.165) is 30.8 Å². The molecule has 2 unspecified atom stereocenters. The second-order valence-electron chi connectivity index (χ2n) is 7.24. The molecule has 0 saturated carbocycles. The predicted octanol–water partition coefficient (Wildman–Crippen LogP) is 5.71. The van der Waals surface area contributed by atoms with Gasteiger partial charge in [0.25, 0.3) is 0 Å². The Balaban J connectivity index is 1.47. The number of nitrogens with zero attached hydrogens (tertiary/aromatic N) is 1. The fourth-order valence-corrected chi connectivity index (χ4v) is 3.90. The van der Waals surface area contributed by atoms with Gasteiger partial charge in [-0.15, -0.1) is 0 Å². The van der Waals surface area contributed by atoms with Crippen LogP contribution in [0.15, 0.2) is 60.8 Å². The van der Waals surface area contributed by atoms with Crippen molar-refractivity contribution in [3.63, 3.8) is 0 Å². The van der Waals surface area contributed by atoms with Crippen LogP contribution in [0.25, 0.3) is 0 Å². The van der Waals surface area contributed by atoms with E-state index < -0.39 is 0 Å². The molecule has 0 aliphatic heterocycles. The van der Waals surface area contributed by atoms with Gasteiger partial charge in [-0.1, -0.05) is 43.7 Å². The van der Waals surface area contributed by atoms with E-state index >= 15 is 0 Å². The zero-order chi connectivity index (χ0) is 18.5. The number of ether oxygens (including phenoxy) is 1. The minimum atomic E-state index is 0.339. The summed E-state index contributed by atoms with van der Waals surface area (Å²) in [4.78, 5) is 0. The molecule has 0 amide bonds. The molecule has 1 heterocycles. The van der Waals surface area contributed by atoms with E-state index in [9.17, 15) is 0 Å². The maximum absolute atomic E-state index is 5.93. The number of rotatable bonds is 7. The lowest BCUT2D eigenvalue weighted by molar-refractivity contribution is 0.383. The van der Waals surface area contributed by atoms with Crippen molar-refractivity contribution in [3.8, 4) is 11.5 Å². The zero-order valence-corrected chi connectivity index (χ0v) is 15.8. The van der Waals surface area contributed by atoms with Crippen LogP contribution in [0.3, 0.4) is 0 Å². The Morgan fingerprint density at radius 1 is 1.11 bits per heavy atom. The van der Waals surface area contributed by atoms with Crippen molar-refractivity contribution in [1.82, 2.24) is 15.5 Å². The number of aromatic amines is 1. The molecule has 0 fully saturated rings. The number of fused-ring (bicyclic) bond motifs is 1. The summed E-state index contributed by atoms with van der Waals surface area (Å²) in [6.07, 6.45) is 7.73. The van der Waals surface area contributed by atoms with Crippen LogP contribution >= 0.6 is 0 Å². The molecule has 27 heavy (non-hydrogen) atoms.